The van der Waals surface area contributed by atoms with Gasteiger partial charge in [0.05, 0.1) is 10.6 Å². The molecule has 0 aliphatic carbocycles. The predicted molar refractivity (Wildman–Crippen MR) is 133 cm³/mol. The van der Waals surface area contributed by atoms with Crippen LogP contribution in [-0.4, -0.2) is 22.5 Å². The summed E-state index contributed by atoms with van der Waals surface area (Å²) >= 11 is 1.39. The Morgan fingerprint density at radius 2 is 1.85 bits per heavy atom. The molecule has 0 unspecified atom stereocenters. The lowest BCUT2D eigenvalue weighted by molar-refractivity contribution is -0.122. The Morgan fingerprint density at radius 3 is 2.58 bits per heavy atom. The van der Waals surface area contributed by atoms with E-state index in [2.05, 4.69) is 6.07 Å². The molecule has 4 nitrogen and oxygen atoms in total. The third kappa shape index (κ3) is 5.52. The van der Waals surface area contributed by atoms with E-state index >= 15 is 0 Å². The number of likely N-dealkylation sites (N-methyl/N-ethyl adjacent to an activating group) is 1. The van der Waals surface area contributed by atoms with Crippen LogP contribution in [0.3, 0.4) is 0 Å². The van der Waals surface area contributed by atoms with Gasteiger partial charge in [-0.15, -0.1) is 0 Å². The van der Waals surface area contributed by atoms with Crippen molar-refractivity contribution >= 4 is 34.6 Å². The minimum Gasteiger partial charge on any atom is -0.489 e. The van der Waals surface area contributed by atoms with Crippen molar-refractivity contribution in [2.45, 2.75) is 27.4 Å². The molecule has 0 spiro atoms. The van der Waals surface area contributed by atoms with Crippen LogP contribution in [0.1, 0.15) is 29.2 Å². The molecule has 0 atom stereocenters. The second-order valence-electron chi connectivity index (χ2n) is 7.83. The molecule has 33 heavy (non-hydrogen) atoms. The number of aryl methyl sites for hydroxylation is 2. The van der Waals surface area contributed by atoms with Crippen molar-refractivity contribution in [3.63, 3.8) is 0 Å². The van der Waals surface area contributed by atoms with E-state index < -0.39 is 0 Å². The predicted octanol–water partition coefficient (Wildman–Crippen LogP) is 6.65. The maximum atomic E-state index is 13.3. The van der Waals surface area contributed by atoms with Crippen LogP contribution in [0, 0.1) is 19.7 Å². The maximum Gasteiger partial charge on any atom is 0.266 e. The molecule has 3 aromatic rings. The molecule has 4 rings (SSSR count). The van der Waals surface area contributed by atoms with Crippen molar-refractivity contribution in [1.29, 1.82) is 0 Å². The number of halogens is 1. The van der Waals surface area contributed by atoms with Gasteiger partial charge in [0, 0.05) is 6.54 Å². The number of carbonyl (C=O) groups excluding carboxylic acids is 1. The molecule has 0 saturated carbocycles. The molecule has 3 aromatic carbocycles. The fourth-order valence-corrected chi connectivity index (χ4v) is 4.47. The van der Waals surface area contributed by atoms with Crippen LogP contribution in [0.5, 0.6) is 5.75 Å². The fourth-order valence-electron chi connectivity index (χ4n) is 3.42. The highest BCUT2D eigenvalue weighted by atomic mass is 32.2. The second-order valence-corrected chi connectivity index (χ2v) is 8.84. The van der Waals surface area contributed by atoms with Crippen LogP contribution >= 0.6 is 11.8 Å². The van der Waals surface area contributed by atoms with Crippen molar-refractivity contribution in [2.75, 3.05) is 6.54 Å². The van der Waals surface area contributed by atoms with Crippen LogP contribution in [0.2, 0.25) is 0 Å². The van der Waals surface area contributed by atoms with E-state index in [0.717, 1.165) is 27.9 Å². The van der Waals surface area contributed by atoms with Gasteiger partial charge in [-0.25, -0.2) is 9.38 Å². The molecule has 1 aliphatic heterocycles. The Hall–Kier alpha value is -3.38. The molecular formula is C27H25FN2O2S. The molecule has 1 aliphatic rings. The Balaban J connectivity index is 1.49. The smallest absolute Gasteiger partial charge is 0.266 e. The van der Waals surface area contributed by atoms with Crippen LogP contribution in [0.4, 0.5) is 10.1 Å². The van der Waals surface area contributed by atoms with Crippen molar-refractivity contribution in [1.82, 2.24) is 4.90 Å². The number of rotatable bonds is 6. The van der Waals surface area contributed by atoms with Gasteiger partial charge in [0.15, 0.2) is 5.17 Å². The Labute approximate surface area is 197 Å². The molecule has 168 valence electrons. The van der Waals surface area contributed by atoms with Crippen LogP contribution in [0.25, 0.3) is 6.08 Å². The first-order chi connectivity index (χ1) is 15.9. The Bertz CT molecular complexity index is 1240. The summed E-state index contributed by atoms with van der Waals surface area (Å²) in [7, 11) is 0. The number of amides is 1. The summed E-state index contributed by atoms with van der Waals surface area (Å²) in [6, 6.07) is 20.0. The normalized spacial score (nSPS) is 16.1. The van der Waals surface area contributed by atoms with Gasteiger partial charge in [0.1, 0.15) is 18.2 Å². The summed E-state index contributed by atoms with van der Waals surface area (Å²) in [4.78, 5) is 20.1. The highest BCUT2D eigenvalue weighted by Crippen LogP contribution is 2.35. The van der Waals surface area contributed by atoms with Gasteiger partial charge in [0.25, 0.3) is 5.91 Å². The number of carbonyl (C=O) groups is 1. The number of hydrogen-bond acceptors (Lipinski definition) is 4. The lowest BCUT2D eigenvalue weighted by Crippen LogP contribution is -2.28. The number of aliphatic imine (C=N–C) groups is 1. The molecule has 1 amide bonds. The van der Waals surface area contributed by atoms with Crippen molar-refractivity contribution in [3.05, 3.63) is 99.7 Å². The second kappa shape index (κ2) is 10.0. The Morgan fingerprint density at radius 1 is 1.06 bits per heavy atom. The number of benzene rings is 3. The molecule has 0 radical (unpaired) electrons. The molecular weight excluding hydrogens is 435 g/mol. The quantitative estimate of drug-likeness (QED) is 0.387. The molecule has 1 fully saturated rings. The van der Waals surface area contributed by atoms with Crippen molar-refractivity contribution in [2.24, 2.45) is 4.99 Å². The Kier molecular flexibility index (Phi) is 6.94. The van der Waals surface area contributed by atoms with E-state index in [4.69, 9.17) is 9.73 Å². The van der Waals surface area contributed by atoms with Gasteiger partial charge in [-0.05, 0) is 91.2 Å². The van der Waals surface area contributed by atoms with Gasteiger partial charge >= 0.3 is 0 Å². The summed E-state index contributed by atoms with van der Waals surface area (Å²) in [5, 5.41) is 0.692. The molecule has 1 saturated heterocycles. The topological polar surface area (TPSA) is 41.9 Å². The SMILES string of the molecule is CCN1C(=O)/C(=C\c2ccc(OCc3cccc(F)c3)cc2)SC1=Nc1cc(C)ccc1C. The van der Waals surface area contributed by atoms with Gasteiger partial charge < -0.3 is 4.74 Å². The van der Waals surface area contributed by atoms with E-state index in [-0.39, 0.29) is 18.3 Å². The zero-order valence-electron chi connectivity index (χ0n) is 18.8. The van der Waals surface area contributed by atoms with Crippen LogP contribution < -0.4 is 4.74 Å². The van der Waals surface area contributed by atoms with Gasteiger partial charge in [-0.3, -0.25) is 9.69 Å². The summed E-state index contributed by atoms with van der Waals surface area (Å²) in [6.07, 6.45) is 1.87. The number of hydrogen-bond donors (Lipinski definition) is 0. The minimum absolute atomic E-state index is 0.0435. The third-order valence-electron chi connectivity index (χ3n) is 5.26. The largest absolute Gasteiger partial charge is 0.489 e. The van der Waals surface area contributed by atoms with Crippen molar-refractivity contribution in [3.8, 4) is 5.75 Å². The maximum absolute atomic E-state index is 13.3. The molecule has 0 aromatic heterocycles. The fraction of sp³-hybridized carbons (Fsp3) is 0.185. The number of ether oxygens (including phenoxy) is 1. The zero-order chi connectivity index (χ0) is 23.4. The molecule has 1 heterocycles. The monoisotopic (exact) mass is 460 g/mol. The summed E-state index contributed by atoms with van der Waals surface area (Å²) < 4.78 is 19.1. The molecule has 0 N–H and O–H groups in total. The highest BCUT2D eigenvalue weighted by Gasteiger charge is 2.32. The van der Waals surface area contributed by atoms with E-state index in [9.17, 15) is 9.18 Å². The zero-order valence-corrected chi connectivity index (χ0v) is 19.7. The molecule has 6 heteroatoms. The van der Waals surface area contributed by atoms with Gasteiger partial charge in [-0.2, -0.15) is 0 Å². The third-order valence-corrected chi connectivity index (χ3v) is 6.26. The summed E-state index contributed by atoms with van der Waals surface area (Å²) in [6.45, 7) is 6.84. The summed E-state index contributed by atoms with van der Waals surface area (Å²) in [5.41, 5.74) is 4.75. The van der Waals surface area contributed by atoms with Crippen LogP contribution in [-0.2, 0) is 11.4 Å². The standard InChI is InChI=1S/C27H25FN2O2S/c1-4-30-26(31)25(33-27(30)29-24-14-18(2)8-9-19(24)3)16-20-10-12-23(13-11-20)32-17-21-6-5-7-22(28)15-21/h5-16H,4,17H2,1-3H3/b25-16+,29-27?. The number of nitrogens with zero attached hydrogens (tertiary/aromatic N) is 2. The van der Waals surface area contributed by atoms with E-state index in [1.807, 2.05) is 69.3 Å². The molecule has 0 bridgehead atoms. The first-order valence-electron chi connectivity index (χ1n) is 10.8. The number of thioether (sulfide) groups is 1. The summed E-state index contributed by atoms with van der Waals surface area (Å²) in [5.74, 6) is 0.357. The van der Waals surface area contributed by atoms with Crippen molar-refractivity contribution < 1.29 is 13.9 Å². The highest BCUT2D eigenvalue weighted by molar-refractivity contribution is 8.18. The van der Waals surface area contributed by atoms with E-state index in [1.165, 1.54) is 23.9 Å². The van der Waals surface area contributed by atoms with E-state index in [1.54, 1.807) is 11.0 Å². The average Bonchev–Trinajstić information content (AvgIpc) is 3.09. The lowest BCUT2D eigenvalue weighted by atomic mass is 10.1. The van der Waals surface area contributed by atoms with E-state index in [0.29, 0.717) is 22.4 Å². The first kappa shape index (κ1) is 22.8. The van der Waals surface area contributed by atoms with Gasteiger partial charge in [0.2, 0.25) is 0 Å². The number of amidine groups is 1. The lowest BCUT2D eigenvalue weighted by Gasteiger charge is -2.12. The first-order valence-corrected chi connectivity index (χ1v) is 11.6. The average molecular weight is 461 g/mol. The van der Waals surface area contributed by atoms with Crippen LogP contribution in [0.15, 0.2) is 76.6 Å². The minimum atomic E-state index is -0.279. The van der Waals surface area contributed by atoms with Gasteiger partial charge in [-0.1, -0.05) is 36.4 Å².